The molecule has 0 aliphatic carbocycles. The van der Waals surface area contributed by atoms with Crippen LogP contribution in [0.3, 0.4) is 0 Å². The van der Waals surface area contributed by atoms with Crippen LogP contribution in [0.1, 0.15) is 34.1 Å². The fourth-order valence-electron chi connectivity index (χ4n) is 1.16. The summed E-state index contributed by atoms with van der Waals surface area (Å²) < 4.78 is 5.37. The van der Waals surface area contributed by atoms with Crippen molar-refractivity contribution in [2.75, 3.05) is 0 Å². The van der Waals surface area contributed by atoms with Crippen molar-refractivity contribution in [1.82, 2.24) is 0 Å². The molecule has 1 aliphatic heterocycles. The van der Waals surface area contributed by atoms with Gasteiger partial charge < -0.3 is 9.84 Å². The van der Waals surface area contributed by atoms with Crippen LogP contribution in [0.4, 0.5) is 0 Å². The third-order valence-corrected chi connectivity index (χ3v) is 2.39. The zero-order valence-corrected chi connectivity index (χ0v) is 7.79. The van der Waals surface area contributed by atoms with E-state index < -0.39 is 0 Å². The Hall–Kier alpha value is -0.0800. The van der Waals surface area contributed by atoms with Crippen molar-refractivity contribution >= 4 is 0 Å². The molecule has 0 aromatic carbocycles. The van der Waals surface area contributed by atoms with Crippen LogP contribution in [0, 0.1) is 5.92 Å². The van der Waals surface area contributed by atoms with Gasteiger partial charge in [-0.15, -0.1) is 0 Å². The van der Waals surface area contributed by atoms with Crippen LogP contribution in [-0.4, -0.2) is 22.9 Å². The van der Waals surface area contributed by atoms with E-state index in [0.717, 1.165) is 6.42 Å². The molecule has 1 heterocycles. The van der Waals surface area contributed by atoms with Crippen molar-refractivity contribution in [3.8, 4) is 0 Å². The molecule has 0 aromatic rings. The van der Waals surface area contributed by atoms with Gasteiger partial charge in [-0.2, -0.15) is 0 Å². The van der Waals surface area contributed by atoms with Crippen molar-refractivity contribution in [1.29, 1.82) is 0 Å². The highest BCUT2D eigenvalue weighted by Gasteiger charge is 2.48. The van der Waals surface area contributed by atoms with E-state index in [0.29, 0.717) is 5.92 Å². The number of hydrogen-bond donors (Lipinski definition) is 1. The van der Waals surface area contributed by atoms with Crippen LogP contribution in [-0.2, 0) is 4.74 Å². The van der Waals surface area contributed by atoms with Gasteiger partial charge in [0.25, 0.3) is 0 Å². The number of ether oxygens (including phenoxy) is 1. The van der Waals surface area contributed by atoms with Crippen LogP contribution in [0.15, 0.2) is 0 Å². The molecule has 11 heavy (non-hydrogen) atoms. The van der Waals surface area contributed by atoms with Gasteiger partial charge in [0, 0.05) is 6.42 Å². The maximum Gasteiger partial charge on any atom is 0.0893 e. The van der Waals surface area contributed by atoms with Crippen LogP contribution >= 0.6 is 0 Å². The van der Waals surface area contributed by atoms with Gasteiger partial charge in [0.2, 0.25) is 0 Å². The second-order valence-corrected chi connectivity index (χ2v) is 4.26. The van der Waals surface area contributed by atoms with Crippen LogP contribution in [0.25, 0.3) is 0 Å². The minimum Gasteiger partial charge on any atom is -0.393 e. The van der Waals surface area contributed by atoms with Crippen LogP contribution in [0.2, 0.25) is 0 Å². The first kappa shape index (κ1) is 9.01. The number of aliphatic hydroxyl groups is 1. The van der Waals surface area contributed by atoms with Gasteiger partial charge in [0.15, 0.2) is 0 Å². The summed E-state index contributed by atoms with van der Waals surface area (Å²) in [5.41, 5.74) is 0.0237. The van der Waals surface area contributed by atoms with E-state index in [1.807, 2.05) is 13.8 Å². The van der Waals surface area contributed by atoms with Gasteiger partial charge in [-0.3, -0.25) is 0 Å². The van der Waals surface area contributed by atoms with Crippen molar-refractivity contribution in [2.45, 2.75) is 51.9 Å². The first-order valence-electron chi connectivity index (χ1n) is 4.29. The van der Waals surface area contributed by atoms with Gasteiger partial charge in [0.05, 0.1) is 17.8 Å². The molecule has 0 unspecified atom stereocenters. The molecule has 0 amide bonds. The number of hydrogen-bond acceptors (Lipinski definition) is 2. The van der Waals surface area contributed by atoms with Crippen molar-refractivity contribution < 1.29 is 9.84 Å². The van der Waals surface area contributed by atoms with E-state index in [1.54, 1.807) is 0 Å². The first-order chi connectivity index (χ1) is 4.93. The van der Waals surface area contributed by atoms with E-state index in [9.17, 15) is 5.11 Å². The van der Waals surface area contributed by atoms with Crippen molar-refractivity contribution in [3.05, 3.63) is 0 Å². The third kappa shape index (κ3) is 2.17. The zero-order valence-electron chi connectivity index (χ0n) is 7.79. The summed E-state index contributed by atoms with van der Waals surface area (Å²) in [6, 6.07) is 0. The molecule has 0 aromatic heterocycles. The standard InChI is InChI=1S/C9H18O2/c1-6(2)7(10)5-8-9(3,4)11-8/h6-8,10H,5H2,1-4H3/t7-,8+/m1/s1. The topological polar surface area (TPSA) is 32.8 Å². The highest BCUT2D eigenvalue weighted by atomic mass is 16.6. The van der Waals surface area contributed by atoms with Gasteiger partial charge in [-0.1, -0.05) is 13.8 Å². The largest absolute Gasteiger partial charge is 0.393 e. The molecule has 1 fully saturated rings. The van der Waals surface area contributed by atoms with Gasteiger partial charge >= 0.3 is 0 Å². The third-order valence-electron chi connectivity index (χ3n) is 2.39. The maximum atomic E-state index is 9.49. The molecule has 0 saturated carbocycles. The Labute approximate surface area is 68.6 Å². The smallest absolute Gasteiger partial charge is 0.0893 e. The number of rotatable bonds is 3. The number of epoxide rings is 1. The molecule has 0 spiro atoms. The van der Waals surface area contributed by atoms with Crippen LogP contribution in [0.5, 0.6) is 0 Å². The molecule has 66 valence electrons. The Morgan fingerprint density at radius 3 is 2.18 bits per heavy atom. The Bertz CT molecular complexity index is 140. The van der Waals surface area contributed by atoms with E-state index in [2.05, 4.69) is 13.8 Å². The molecule has 2 heteroatoms. The fourth-order valence-corrected chi connectivity index (χ4v) is 1.16. The van der Waals surface area contributed by atoms with Gasteiger partial charge in [0.1, 0.15) is 0 Å². The van der Waals surface area contributed by atoms with E-state index in [4.69, 9.17) is 4.74 Å². The molecule has 2 atom stereocenters. The Morgan fingerprint density at radius 2 is 1.91 bits per heavy atom. The van der Waals surface area contributed by atoms with Gasteiger partial charge in [-0.25, -0.2) is 0 Å². The van der Waals surface area contributed by atoms with Crippen molar-refractivity contribution in [3.63, 3.8) is 0 Å². The second kappa shape index (κ2) is 2.76. The molecule has 1 rings (SSSR count). The zero-order chi connectivity index (χ0) is 8.65. The Morgan fingerprint density at radius 1 is 1.45 bits per heavy atom. The van der Waals surface area contributed by atoms with Crippen molar-refractivity contribution in [2.24, 2.45) is 5.92 Å². The summed E-state index contributed by atoms with van der Waals surface area (Å²) in [4.78, 5) is 0. The molecule has 2 nitrogen and oxygen atoms in total. The second-order valence-electron chi connectivity index (χ2n) is 4.26. The van der Waals surface area contributed by atoms with E-state index >= 15 is 0 Å². The fraction of sp³-hybridized carbons (Fsp3) is 1.00. The summed E-state index contributed by atoms with van der Waals surface area (Å²) in [7, 11) is 0. The summed E-state index contributed by atoms with van der Waals surface area (Å²) in [5, 5.41) is 9.49. The quantitative estimate of drug-likeness (QED) is 0.632. The SMILES string of the molecule is CC(C)[C@H](O)C[C@@H]1OC1(C)C. The predicted octanol–water partition coefficient (Wildman–Crippen LogP) is 1.57. The average molecular weight is 158 g/mol. The average Bonchev–Trinajstić information content (AvgIpc) is 2.39. The van der Waals surface area contributed by atoms with E-state index in [1.165, 1.54) is 0 Å². The normalized spacial score (nSPS) is 30.5. The Kier molecular flexibility index (Phi) is 2.26. The maximum absolute atomic E-state index is 9.49. The lowest BCUT2D eigenvalue weighted by Crippen LogP contribution is -2.19. The molecular formula is C9H18O2. The van der Waals surface area contributed by atoms with E-state index in [-0.39, 0.29) is 17.8 Å². The van der Waals surface area contributed by atoms with Gasteiger partial charge in [-0.05, 0) is 19.8 Å². The lowest BCUT2D eigenvalue weighted by Gasteiger charge is -2.12. The number of aliphatic hydroxyl groups excluding tert-OH is 1. The molecule has 1 aliphatic rings. The minimum atomic E-state index is -0.207. The summed E-state index contributed by atoms with van der Waals surface area (Å²) in [6.07, 6.45) is 0.853. The summed E-state index contributed by atoms with van der Waals surface area (Å²) >= 11 is 0. The van der Waals surface area contributed by atoms with Crippen LogP contribution < -0.4 is 0 Å². The highest BCUT2D eigenvalue weighted by Crippen LogP contribution is 2.38. The molecule has 1 N–H and O–H groups in total. The monoisotopic (exact) mass is 158 g/mol. The lowest BCUT2D eigenvalue weighted by molar-refractivity contribution is 0.106. The minimum absolute atomic E-state index is 0.0237. The molecular weight excluding hydrogens is 140 g/mol. The summed E-state index contributed by atoms with van der Waals surface area (Å²) in [5.74, 6) is 0.343. The molecule has 0 radical (unpaired) electrons. The Balaban J connectivity index is 2.23. The highest BCUT2D eigenvalue weighted by molar-refractivity contribution is 4.96. The summed E-state index contributed by atoms with van der Waals surface area (Å²) in [6.45, 7) is 8.18. The predicted molar refractivity (Wildman–Crippen MR) is 44.4 cm³/mol. The molecule has 1 saturated heterocycles. The first-order valence-corrected chi connectivity index (χ1v) is 4.29. The lowest BCUT2D eigenvalue weighted by atomic mass is 9.98. The molecule has 0 bridgehead atoms.